The Morgan fingerprint density at radius 3 is 2.28 bits per heavy atom. The Kier molecular flexibility index (Phi) is 4.94. The number of rotatable bonds is 5. The maximum atomic E-state index is 12.8. The molecular weight excluding hydrogens is 368 g/mol. The van der Waals surface area contributed by atoms with E-state index in [-0.39, 0.29) is 11.2 Å². The Morgan fingerprint density at radius 1 is 0.931 bits per heavy atom. The van der Waals surface area contributed by atoms with Gasteiger partial charge >= 0.3 is 0 Å². The fraction of sp³-hybridized carbons (Fsp3) is 0.0455. The van der Waals surface area contributed by atoms with Gasteiger partial charge in [-0.2, -0.15) is 10.2 Å². The molecule has 142 valence electrons. The highest BCUT2D eigenvalue weighted by atomic mass is 16.6. The van der Waals surface area contributed by atoms with E-state index in [1.165, 1.54) is 18.3 Å². The van der Waals surface area contributed by atoms with Crippen LogP contribution in [-0.4, -0.2) is 21.0 Å². The molecule has 3 aromatic carbocycles. The summed E-state index contributed by atoms with van der Waals surface area (Å²) < 4.78 is 0. The predicted molar refractivity (Wildman–Crippen MR) is 111 cm³/mol. The van der Waals surface area contributed by atoms with Crippen LogP contribution in [-0.2, 0) is 6.42 Å². The van der Waals surface area contributed by atoms with Crippen molar-refractivity contribution in [3.8, 4) is 0 Å². The van der Waals surface area contributed by atoms with Crippen LogP contribution in [0.5, 0.6) is 0 Å². The Morgan fingerprint density at radius 2 is 1.59 bits per heavy atom. The van der Waals surface area contributed by atoms with E-state index < -0.39 is 4.92 Å². The van der Waals surface area contributed by atoms with E-state index in [1.54, 1.807) is 24.3 Å². The van der Waals surface area contributed by atoms with Crippen LogP contribution in [0.25, 0.3) is 10.8 Å². The Balaban J connectivity index is 1.75. The molecule has 0 radical (unpaired) electrons. The number of nitro benzene ring substituents is 1. The van der Waals surface area contributed by atoms with Gasteiger partial charge in [0.15, 0.2) is 0 Å². The largest absolute Gasteiger partial charge is 0.295 e. The van der Waals surface area contributed by atoms with E-state index in [4.69, 9.17) is 0 Å². The molecule has 1 heterocycles. The Bertz CT molecular complexity index is 1260. The molecule has 0 N–H and O–H groups in total. The van der Waals surface area contributed by atoms with Gasteiger partial charge in [-0.3, -0.25) is 14.9 Å². The number of non-ortho nitro benzene ring substituents is 1. The molecule has 0 spiro atoms. The van der Waals surface area contributed by atoms with E-state index in [0.717, 1.165) is 21.4 Å². The minimum absolute atomic E-state index is 0.00621. The smallest absolute Gasteiger partial charge is 0.265 e. The highest BCUT2D eigenvalue weighted by molar-refractivity contribution is 5.84. The van der Waals surface area contributed by atoms with Crippen molar-refractivity contribution in [1.29, 1.82) is 0 Å². The zero-order chi connectivity index (χ0) is 20.2. The molecule has 7 nitrogen and oxygen atoms in total. The summed E-state index contributed by atoms with van der Waals surface area (Å²) in [6, 6.07) is 23.1. The molecular formula is C22H16N4O3. The first-order valence-electron chi connectivity index (χ1n) is 8.95. The molecule has 0 aliphatic carbocycles. The number of aromatic nitrogens is 2. The molecule has 7 heteroatoms. The van der Waals surface area contributed by atoms with Crippen molar-refractivity contribution in [3.05, 3.63) is 116 Å². The highest BCUT2D eigenvalue weighted by Crippen LogP contribution is 2.17. The SMILES string of the molecule is O=c1c2ccccc2c(Cc2ccccc2)nn1/N=C/c1ccc([N+](=O)[O-])cc1. The average molecular weight is 384 g/mol. The number of fused-ring (bicyclic) bond motifs is 1. The second kappa shape index (κ2) is 7.85. The molecule has 4 aromatic rings. The molecule has 0 saturated heterocycles. The maximum absolute atomic E-state index is 12.8. The Labute approximate surface area is 165 Å². The van der Waals surface area contributed by atoms with Crippen LogP contribution in [0.15, 0.2) is 88.8 Å². The van der Waals surface area contributed by atoms with Gasteiger partial charge in [0.25, 0.3) is 11.2 Å². The lowest BCUT2D eigenvalue weighted by Gasteiger charge is -2.08. The van der Waals surface area contributed by atoms with Gasteiger partial charge in [0, 0.05) is 23.9 Å². The van der Waals surface area contributed by atoms with Gasteiger partial charge in [-0.25, -0.2) is 0 Å². The molecule has 0 saturated carbocycles. The summed E-state index contributed by atoms with van der Waals surface area (Å²) in [6.07, 6.45) is 2.02. The molecule has 0 atom stereocenters. The van der Waals surface area contributed by atoms with E-state index in [1.807, 2.05) is 42.5 Å². The van der Waals surface area contributed by atoms with Gasteiger partial charge in [-0.05, 0) is 29.3 Å². The molecule has 0 unspecified atom stereocenters. The van der Waals surface area contributed by atoms with Crippen molar-refractivity contribution in [2.24, 2.45) is 5.10 Å². The third-order valence-corrected chi connectivity index (χ3v) is 4.50. The first kappa shape index (κ1) is 18.2. The Hall–Kier alpha value is -4.13. The second-order valence-electron chi connectivity index (χ2n) is 6.44. The topological polar surface area (TPSA) is 90.4 Å². The van der Waals surface area contributed by atoms with Crippen molar-refractivity contribution in [3.63, 3.8) is 0 Å². The number of nitro groups is 1. The van der Waals surface area contributed by atoms with Crippen LogP contribution in [0.4, 0.5) is 5.69 Å². The molecule has 0 bridgehead atoms. The number of hydrogen-bond acceptors (Lipinski definition) is 5. The minimum Gasteiger partial charge on any atom is -0.265 e. The third kappa shape index (κ3) is 3.93. The standard InChI is InChI=1S/C22H16N4O3/c27-22-20-9-5-4-8-19(20)21(14-16-6-2-1-3-7-16)24-25(22)23-15-17-10-12-18(13-11-17)26(28)29/h1-13,15H,14H2/b23-15+. The summed E-state index contributed by atoms with van der Waals surface area (Å²) in [5.74, 6) is 0. The van der Waals surface area contributed by atoms with Crippen LogP contribution in [0.2, 0.25) is 0 Å². The predicted octanol–water partition coefficient (Wildman–Crippen LogP) is 3.78. The lowest BCUT2D eigenvalue weighted by Crippen LogP contribution is -2.21. The first-order valence-corrected chi connectivity index (χ1v) is 8.95. The van der Waals surface area contributed by atoms with Gasteiger partial charge in [-0.1, -0.05) is 48.5 Å². The van der Waals surface area contributed by atoms with Crippen molar-refractivity contribution in [2.45, 2.75) is 6.42 Å². The lowest BCUT2D eigenvalue weighted by atomic mass is 10.0. The maximum Gasteiger partial charge on any atom is 0.295 e. The summed E-state index contributed by atoms with van der Waals surface area (Å²) in [4.78, 5) is 24.2. The molecule has 4 rings (SSSR count). The summed E-state index contributed by atoms with van der Waals surface area (Å²) in [5, 5.41) is 20.8. The molecule has 0 aliphatic rings. The summed E-state index contributed by atoms with van der Waals surface area (Å²) in [6.45, 7) is 0. The lowest BCUT2D eigenvalue weighted by molar-refractivity contribution is -0.384. The summed E-state index contributed by atoms with van der Waals surface area (Å²) >= 11 is 0. The fourth-order valence-electron chi connectivity index (χ4n) is 3.04. The van der Waals surface area contributed by atoms with Crippen LogP contribution in [0.1, 0.15) is 16.8 Å². The van der Waals surface area contributed by atoms with E-state index >= 15 is 0 Å². The quantitative estimate of drug-likeness (QED) is 0.297. The zero-order valence-corrected chi connectivity index (χ0v) is 15.3. The zero-order valence-electron chi connectivity index (χ0n) is 15.3. The molecule has 29 heavy (non-hydrogen) atoms. The number of nitrogens with zero attached hydrogens (tertiary/aromatic N) is 4. The average Bonchev–Trinajstić information content (AvgIpc) is 2.76. The van der Waals surface area contributed by atoms with Crippen molar-refractivity contribution in [2.75, 3.05) is 0 Å². The van der Waals surface area contributed by atoms with E-state index in [0.29, 0.717) is 17.4 Å². The normalized spacial score (nSPS) is 11.2. The van der Waals surface area contributed by atoms with Crippen molar-refractivity contribution in [1.82, 2.24) is 9.89 Å². The monoisotopic (exact) mass is 384 g/mol. The van der Waals surface area contributed by atoms with E-state index in [2.05, 4.69) is 10.2 Å². The molecule has 1 aromatic heterocycles. The van der Waals surface area contributed by atoms with Gasteiger partial charge < -0.3 is 0 Å². The van der Waals surface area contributed by atoms with Crippen LogP contribution in [0.3, 0.4) is 0 Å². The molecule has 0 aliphatic heterocycles. The number of benzene rings is 3. The highest BCUT2D eigenvalue weighted by Gasteiger charge is 2.10. The van der Waals surface area contributed by atoms with Gasteiger partial charge in [0.05, 0.1) is 22.2 Å². The van der Waals surface area contributed by atoms with Crippen molar-refractivity contribution >= 4 is 22.7 Å². The van der Waals surface area contributed by atoms with E-state index in [9.17, 15) is 14.9 Å². The summed E-state index contributed by atoms with van der Waals surface area (Å²) in [5.41, 5.74) is 2.12. The van der Waals surface area contributed by atoms with Gasteiger partial charge in [0.1, 0.15) is 0 Å². The molecule has 0 fully saturated rings. The van der Waals surface area contributed by atoms with Crippen LogP contribution < -0.4 is 5.56 Å². The van der Waals surface area contributed by atoms with Gasteiger partial charge in [0.2, 0.25) is 0 Å². The first-order chi connectivity index (χ1) is 14.1. The third-order valence-electron chi connectivity index (χ3n) is 4.50. The number of hydrogen-bond donors (Lipinski definition) is 0. The second-order valence-corrected chi connectivity index (χ2v) is 6.44. The van der Waals surface area contributed by atoms with Crippen LogP contribution >= 0.6 is 0 Å². The minimum atomic E-state index is -0.466. The summed E-state index contributed by atoms with van der Waals surface area (Å²) in [7, 11) is 0. The van der Waals surface area contributed by atoms with Gasteiger partial charge in [-0.15, -0.1) is 4.79 Å². The molecule has 0 amide bonds. The fourth-order valence-corrected chi connectivity index (χ4v) is 3.04. The van der Waals surface area contributed by atoms with Crippen LogP contribution in [0, 0.1) is 10.1 Å². The van der Waals surface area contributed by atoms with Crippen molar-refractivity contribution < 1.29 is 4.92 Å².